The Balaban J connectivity index is 2.82. The molecule has 0 aromatic rings. The van der Waals surface area contributed by atoms with Gasteiger partial charge in [0.2, 0.25) is 0 Å². The van der Waals surface area contributed by atoms with Crippen LogP contribution in [0.2, 0.25) is 0 Å². The van der Waals surface area contributed by atoms with Gasteiger partial charge in [-0.15, -0.1) is 0 Å². The number of hydrogen-bond donors (Lipinski definition) is 1. The molecule has 1 heterocycles. The molecular formula is C4H7O4P. The summed E-state index contributed by atoms with van der Waals surface area (Å²) in [5.74, 6) is 0.752. The number of phosphoric acid groups is 1. The van der Waals surface area contributed by atoms with E-state index in [1.54, 1.807) is 13.8 Å². The van der Waals surface area contributed by atoms with Gasteiger partial charge >= 0.3 is 7.82 Å². The van der Waals surface area contributed by atoms with Crippen LogP contribution in [0.1, 0.15) is 13.8 Å². The van der Waals surface area contributed by atoms with Gasteiger partial charge in [-0.3, -0.25) is 4.89 Å². The molecule has 0 aliphatic carbocycles. The molecule has 1 aliphatic rings. The summed E-state index contributed by atoms with van der Waals surface area (Å²) in [5.41, 5.74) is 0. The maximum atomic E-state index is 10.5. The largest absolute Gasteiger partial charge is 0.584 e. The third kappa shape index (κ3) is 1.26. The second-order valence-corrected chi connectivity index (χ2v) is 3.07. The highest BCUT2D eigenvalue weighted by Gasteiger charge is 2.32. The van der Waals surface area contributed by atoms with Gasteiger partial charge in [0.25, 0.3) is 0 Å². The molecule has 52 valence electrons. The first-order chi connectivity index (χ1) is 4.01. The fraction of sp³-hybridized carbons (Fsp3) is 0.500. The molecule has 4 nitrogen and oxygen atoms in total. The van der Waals surface area contributed by atoms with Gasteiger partial charge in [0.05, 0.1) is 0 Å². The maximum Gasteiger partial charge on any atom is 0.584 e. The molecule has 5 heteroatoms. The number of phosphoric ester groups is 1. The molecule has 0 aromatic carbocycles. The van der Waals surface area contributed by atoms with Crippen LogP contribution in [-0.2, 0) is 13.6 Å². The summed E-state index contributed by atoms with van der Waals surface area (Å²) < 4.78 is 19.4. The minimum absolute atomic E-state index is 0.376. The molecule has 0 amide bonds. The Labute approximate surface area is 52.7 Å². The highest BCUT2D eigenvalue weighted by molar-refractivity contribution is 7.47. The Morgan fingerprint density at radius 3 is 1.78 bits per heavy atom. The summed E-state index contributed by atoms with van der Waals surface area (Å²) in [6.45, 7) is 3.15. The molecule has 0 aromatic heterocycles. The Morgan fingerprint density at radius 2 is 1.67 bits per heavy atom. The van der Waals surface area contributed by atoms with Crippen LogP contribution in [0.25, 0.3) is 0 Å². The molecule has 0 spiro atoms. The van der Waals surface area contributed by atoms with Gasteiger partial charge in [-0.05, 0) is 13.8 Å². The third-order valence-corrected chi connectivity index (χ3v) is 2.01. The van der Waals surface area contributed by atoms with E-state index in [-0.39, 0.29) is 0 Å². The van der Waals surface area contributed by atoms with Crippen LogP contribution in [0.4, 0.5) is 0 Å². The normalized spacial score (nSPS) is 23.4. The molecule has 0 bridgehead atoms. The van der Waals surface area contributed by atoms with Crippen molar-refractivity contribution in [3.8, 4) is 0 Å². The summed E-state index contributed by atoms with van der Waals surface area (Å²) in [5, 5.41) is 0. The number of allylic oxidation sites excluding steroid dienone is 2. The fourth-order valence-electron chi connectivity index (χ4n) is 0.493. The number of rotatable bonds is 0. The van der Waals surface area contributed by atoms with Crippen LogP contribution in [0.3, 0.4) is 0 Å². The summed E-state index contributed by atoms with van der Waals surface area (Å²) in [6, 6.07) is 0. The van der Waals surface area contributed by atoms with Crippen LogP contribution in [0.15, 0.2) is 11.5 Å². The summed E-state index contributed by atoms with van der Waals surface area (Å²) in [4.78, 5) is 8.60. The van der Waals surface area contributed by atoms with Gasteiger partial charge in [0.1, 0.15) is 11.5 Å². The van der Waals surface area contributed by atoms with Crippen molar-refractivity contribution in [2.45, 2.75) is 13.8 Å². The molecule has 0 fully saturated rings. The molecule has 0 unspecified atom stereocenters. The predicted molar refractivity (Wildman–Crippen MR) is 30.4 cm³/mol. The Morgan fingerprint density at radius 1 is 1.33 bits per heavy atom. The van der Waals surface area contributed by atoms with Gasteiger partial charge in [0, 0.05) is 0 Å². The molecule has 1 N–H and O–H groups in total. The Bertz CT molecular complexity index is 189. The monoisotopic (exact) mass is 150 g/mol. The first-order valence-corrected chi connectivity index (χ1v) is 3.90. The van der Waals surface area contributed by atoms with Crippen molar-refractivity contribution in [2.24, 2.45) is 0 Å². The topological polar surface area (TPSA) is 55.8 Å². The summed E-state index contributed by atoms with van der Waals surface area (Å²) in [7, 11) is -3.73. The van der Waals surface area contributed by atoms with Crippen LogP contribution >= 0.6 is 7.82 Å². The minimum atomic E-state index is -3.73. The summed E-state index contributed by atoms with van der Waals surface area (Å²) >= 11 is 0. The van der Waals surface area contributed by atoms with Crippen molar-refractivity contribution in [2.75, 3.05) is 0 Å². The van der Waals surface area contributed by atoms with Gasteiger partial charge in [0.15, 0.2) is 0 Å². The first-order valence-electron chi connectivity index (χ1n) is 2.41. The zero-order valence-corrected chi connectivity index (χ0v) is 6.01. The second-order valence-electron chi connectivity index (χ2n) is 1.76. The van der Waals surface area contributed by atoms with Crippen molar-refractivity contribution >= 4 is 7.82 Å². The van der Waals surface area contributed by atoms with Crippen LogP contribution in [0, 0.1) is 0 Å². The van der Waals surface area contributed by atoms with E-state index in [0.29, 0.717) is 11.5 Å². The van der Waals surface area contributed by atoms with Gasteiger partial charge < -0.3 is 9.05 Å². The highest BCUT2D eigenvalue weighted by Crippen LogP contribution is 2.53. The average Bonchev–Trinajstić information content (AvgIpc) is 1.79. The van der Waals surface area contributed by atoms with Crippen molar-refractivity contribution in [1.29, 1.82) is 0 Å². The molecule has 0 radical (unpaired) electrons. The molecule has 0 atom stereocenters. The van der Waals surface area contributed by atoms with E-state index in [4.69, 9.17) is 4.89 Å². The van der Waals surface area contributed by atoms with E-state index in [2.05, 4.69) is 9.05 Å². The quantitative estimate of drug-likeness (QED) is 0.530. The second kappa shape index (κ2) is 1.75. The Hall–Kier alpha value is -0.470. The van der Waals surface area contributed by atoms with Crippen LogP contribution < -0.4 is 0 Å². The fourth-order valence-corrected chi connectivity index (χ4v) is 1.48. The smallest absolute Gasteiger partial charge is 0.396 e. The number of hydrogen-bond acceptors (Lipinski definition) is 3. The van der Waals surface area contributed by atoms with E-state index in [1.165, 1.54) is 0 Å². The lowest BCUT2D eigenvalue weighted by Crippen LogP contribution is -1.76. The standard InChI is InChI=1S/C4H7O4P/c1-3-4(2)8-9(5,6)7-3/h1-2H3,(H,5,6). The van der Waals surface area contributed by atoms with Crippen molar-refractivity contribution in [1.82, 2.24) is 0 Å². The maximum absolute atomic E-state index is 10.5. The van der Waals surface area contributed by atoms with Crippen LogP contribution in [-0.4, -0.2) is 4.89 Å². The van der Waals surface area contributed by atoms with Gasteiger partial charge in [-0.25, -0.2) is 4.57 Å². The SMILES string of the molecule is CC1=C(C)OP(=O)(O)O1. The lowest BCUT2D eigenvalue weighted by molar-refractivity contribution is 0.263. The van der Waals surface area contributed by atoms with Crippen LogP contribution in [0.5, 0.6) is 0 Å². The third-order valence-electron chi connectivity index (χ3n) is 1.00. The van der Waals surface area contributed by atoms with Crippen molar-refractivity contribution < 1.29 is 18.5 Å². The Kier molecular flexibility index (Phi) is 1.30. The predicted octanol–water partition coefficient (Wildman–Crippen LogP) is 1.39. The zero-order valence-electron chi connectivity index (χ0n) is 5.12. The molecule has 1 rings (SSSR count). The summed E-state index contributed by atoms with van der Waals surface area (Å²) in [6.07, 6.45) is 0. The highest BCUT2D eigenvalue weighted by atomic mass is 31.2. The lowest BCUT2D eigenvalue weighted by atomic mass is 10.5. The van der Waals surface area contributed by atoms with Gasteiger partial charge in [-0.1, -0.05) is 0 Å². The van der Waals surface area contributed by atoms with E-state index < -0.39 is 7.82 Å². The van der Waals surface area contributed by atoms with E-state index in [0.717, 1.165) is 0 Å². The molecular weight excluding hydrogens is 143 g/mol. The van der Waals surface area contributed by atoms with Crippen molar-refractivity contribution in [3.05, 3.63) is 11.5 Å². The molecule has 0 saturated carbocycles. The van der Waals surface area contributed by atoms with E-state index in [1.807, 2.05) is 0 Å². The molecule has 1 aliphatic heterocycles. The van der Waals surface area contributed by atoms with Gasteiger partial charge in [-0.2, -0.15) is 0 Å². The average molecular weight is 150 g/mol. The minimum Gasteiger partial charge on any atom is -0.396 e. The first kappa shape index (κ1) is 6.65. The zero-order chi connectivity index (χ0) is 7.07. The lowest BCUT2D eigenvalue weighted by Gasteiger charge is -1.99. The molecule has 0 saturated heterocycles. The molecule has 9 heavy (non-hydrogen) atoms. The van der Waals surface area contributed by atoms with E-state index in [9.17, 15) is 4.57 Å². The van der Waals surface area contributed by atoms with Crippen molar-refractivity contribution in [3.63, 3.8) is 0 Å². The van der Waals surface area contributed by atoms with E-state index >= 15 is 0 Å².